The molecule has 1 aliphatic heterocycles. The molecule has 1 atom stereocenters. The summed E-state index contributed by atoms with van der Waals surface area (Å²) in [7, 11) is -3.41. The predicted octanol–water partition coefficient (Wildman–Crippen LogP) is 2.93. The molecule has 0 spiro atoms. The number of ether oxygens (including phenoxy) is 1. The zero-order valence-electron chi connectivity index (χ0n) is 16.6. The van der Waals surface area contributed by atoms with Crippen molar-refractivity contribution in [1.29, 1.82) is 0 Å². The average Bonchev–Trinajstić information content (AvgIpc) is 2.66. The summed E-state index contributed by atoms with van der Waals surface area (Å²) in [5.41, 5.74) is 0.857. The SMILES string of the molecule is CC(C)CCOC(C)C(=O)NCc1ccc(S(=O)(=O)N2CCCCC2)cc1. The van der Waals surface area contributed by atoms with Crippen LogP contribution in [0.15, 0.2) is 29.2 Å². The standard InChI is InChI=1S/C20H32N2O4S/c1-16(2)11-14-26-17(3)20(23)21-15-18-7-9-19(10-8-18)27(24,25)22-12-5-4-6-13-22/h7-10,16-17H,4-6,11-15H2,1-3H3,(H,21,23). The molecular weight excluding hydrogens is 364 g/mol. The molecule has 27 heavy (non-hydrogen) atoms. The van der Waals surface area contributed by atoms with Gasteiger partial charge in [-0.3, -0.25) is 4.79 Å². The molecule has 1 aromatic carbocycles. The maximum atomic E-state index is 12.6. The van der Waals surface area contributed by atoms with Crippen LogP contribution in [0, 0.1) is 5.92 Å². The third kappa shape index (κ3) is 6.59. The molecule has 1 amide bonds. The first-order valence-corrected chi connectivity index (χ1v) is 11.2. The lowest BCUT2D eigenvalue weighted by atomic mass is 10.1. The van der Waals surface area contributed by atoms with Crippen molar-refractivity contribution >= 4 is 15.9 Å². The fraction of sp³-hybridized carbons (Fsp3) is 0.650. The Hall–Kier alpha value is -1.44. The second-order valence-electron chi connectivity index (χ2n) is 7.52. The highest BCUT2D eigenvalue weighted by Gasteiger charge is 2.25. The Morgan fingerprint density at radius 3 is 2.33 bits per heavy atom. The van der Waals surface area contributed by atoms with Gasteiger partial charge < -0.3 is 10.1 Å². The maximum absolute atomic E-state index is 12.6. The van der Waals surface area contributed by atoms with Gasteiger partial charge in [0.05, 0.1) is 4.90 Å². The molecule has 7 heteroatoms. The molecule has 0 aliphatic carbocycles. The third-order valence-electron chi connectivity index (χ3n) is 4.78. The van der Waals surface area contributed by atoms with Crippen molar-refractivity contribution in [2.24, 2.45) is 5.92 Å². The summed E-state index contributed by atoms with van der Waals surface area (Å²) in [6, 6.07) is 6.74. The van der Waals surface area contributed by atoms with Gasteiger partial charge in [0, 0.05) is 26.2 Å². The van der Waals surface area contributed by atoms with E-state index >= 15 is 0 Å². The zero-order chi connectivity index (χ0) is 19.9. The third-order valence-corrected chi connectivity index (χ3v) is 6.69. The Balaban J connectivity index is 1.85. The molecule has 0 bridgehead atoms. The smallest absolute Gasteiger partial charge is 0.249 e. The lowest BCUT2D eigenvalue weighted by Crippen LogP contribution is -2.35. The minimum atomic E-state index is -3.41. The van der Waals surface area contributed by atoms with E-state index in [9.17, 15) is 13.2 Å². The van der Waals surface area contributed by atoms with Gasteiger partial charge in [0.25, 0.3) is 0 Å². The van der Waals surface area contributed by atoms with E-state index in [-0.39, 0.29) is 5.91 Å². The Morgan fingerprint density at radius 1 is 1.11 bits per heavy atom. The second kappa shape index (κ2) is 10.2. The number of hydrogen-bond donors (Lipinski definition) is 1. The first-order chi connectivity index (χ1) is 12.8. The van der Waals surface area contributed by atoms with Crippen molar-refractivity contribution < 1.29 is 17.9 Å². The number of nitrogens with zero attached hydrogens (tertiary/aromatic N) is 1. The van der Waals surface area contributed by atoms with Gasteiger partial charge in [-0.2, -0.15) is 4.31 Å². The number of sulfonamides is 1. The summed E-state index contributed by atoms with van der Waals surface area (Å²) in [6.07, 6.45) is 3.35. The van der Waals surface area contributed by atoms with Crippen LogP contribution in [0.4, 0.5) is 0 Å². The highest BCUT2D eigenvalue weighted by molar-refractivity contribution is 7.89. The van der Waals surface area contributed by atoms with Gasteiger partial charge in [-0.25, -0.2) is 8.42 Å². The highest BCUT2D eigenvalue weighted by Crippen LogP contribution is 2.20. The van der Waals surface area contributed by atoms with Crippen molar-refractivity contribution in [3.63, 3.8) is 0 Å². The fourth-order valence-electron chi connectivity index (χ4n) is 2.92. The van der Waals surface area contributed by atoms with E-state index in [0.29, 0.717) is 37.1 Å². The molecule has 1 fully saturated rings. The average molecular weight is 397 g/mol. The van der Waals surface area contributed by atoms with E-state index < -0.39 is 16.1 Å². The van der Waals surface area contributed by atoms with Crippen LogP contribution < -0.4 is 5.32 Å². The lowest BCUT2D eigenvalue weighted by Gasteiger charge is -2.25. The maximum Gasteiger partial charge on any atom is 0.249 e. The van der Waals surface area contributed by atoms with Crippen LogP contribution in [-0.2, 0) is 26.1 Å². The van der Waals surface area contributed by atoms with E-state index in [2.05, 4.69) is 19.2 Å². The van der Waals surface area contributed by atoms with Crippen molar-refractivity contribution in [3.05, 3.63) is 29.8 Å². The van der Waals surface area contributed by atoms with Crippen LogP contribution in [-0.4, -0.2) is 44.4 Å². The van der Waals surface area contributed by atoms with Crippen LogP contribution in [0.2, 0.25) is 0 Å². The van der Waals surface area contributed by atoms with Gasteiger partial charge in [-0.05, 0) is 49.8 Å². The van der Waals surface area contributed by atoms with E-state index in [1.54, 1.807) is 35.5 Å². The van der Waals surface area contributed by atoms with Crippen LogP contribution in [0.3, 0.4) is 0 Å². The largest absolute Gasteiger partial charge is 0.369 e. The van der Waals surface area contributed by atoms with Crippen LogP contribution in [0.5, 0.6) is 0 Å². The minimum absolute atomic E-state index is 0.163. The number of carbonyl (C=O) groups excluding carboxylic acids is 1. The summed E-state index contributed by atoms with van der Waals surface area (Å²) < 4.78 is 32.4. The molecular formula is C20H32N2O4S. The molecule has 1 N–H and O–H groups in total. The van der Waals surface area contributed by atoms with Crippen molar-refractivity contribution in [2.75, 3.05) is 19.7 Å². The summed E-state index contributed by atoms with van der Waals surface area (Å²) in [6.45, 7) is 8.07. The summed E-state index contributed by atoms with van der Waals surface area (Å²) in [5.74, 6) is 0.378. The molecule has 0 saturated carbocycles. The summed E-state index contributed by atoms with van der Waals surface area (Å²) in [5, 5.41) is 2.83. The van der Waals surface area contributed by atoms with E-state index in [0.717, 1.165) is 31.2 Å². The highest BCUT2D eigenvalue weighted by atomic mass is 32.2. The van der Waals surface area contributed by atoms with E-state index in [1.807, 2.05) is 0 Å². The van der Waals surface area contributed by atoms with Crippen molar-refractivity contribution in [2.45, 2.75) is 64.0 Å². The summed E-state index contributed by atoms with van der Waals surface area (Å²) in [4.78, 5) is 12.4. The normalized spacial score (nSPS) is 17.0. The van der Waals surface area contributed by atoms with Crippen LogP contribution >= 0.6 is 0 Å². The summed E-state index contributed by atoms with van der Waals surface area (Å²) >= 11 is 0. The van der Waals surface area contributed by atoms with Crippen LogP contribution in [0.1, 0.15) is 52.0 Å². The zero-order valence-corrected chi connectivity index (χ0v) is 17.4. The molecule has 152 valence electrons. The van der Waals surface area contributed by atoms with Gasteiger partial charge in [-0.15, -0.1) is 0 Å². The number of hydrogen-bond acceptors (Lipinski definition) is 4. The number of carbonyl (C=O) groups is 1. The van der Waals surface area contributed by atoms with Gasteiger partial charge in [0.1, 0.15) is 6.10 Å². The van der Waals surface area contributed by atoms with Gasteiger partial charge >= 0.3 is 0 Å². The molecule has 1 aliphatic rings. The predicted molar refractivity (Wildman–Crippen MR) is 106 cm³/mol. The van der Waals surface area contributed by atoms with Crippen molar-refractivity contribution in [1.82, 2.24) is 9.62 Å². The molecule has 0 aromatic heterocycles. The topological polar surface area (TPSA) is 75.7 Å². The Bertz CT molecular complexity index is 695. The molecule has 1 aromatic rings. The van der Waals surface area contributed by atoms with Gasteiger partial charge in [-0.1, -0.05) is 32.4 Å². The minimum Gasteiger partial charge on any atom is -0.369 e. The fourth-order valence-corrected chi connectivity index (χ4v) is 4.44. The van der Waals surface area contributed by atoms with Crippen LogP contribution in [0.25, 0.3) is 0 Å². The molecule has 6 nitrogen and oxygen atoms in total. The first kappa shape index (κ1) is 21.9. The number of rotatable bonds is 9. The van der Waals surface area contributed by atoms with Gasteiger partial charge in [0.2, 0.25) is 15.9 Å². The molecule has 1 saturated heterocycles. The lowest BCUT2D eigenvalue weighted by molar-refractivity contribution is -0.132. The number of piperidine rings is 1. The number of benzene rings is 1. The quantitative estimate of drug-likeness (QED) is 0.696. The molecule has 1 unspecified atom stereocenters. The van der Waals surface area contributed by atoms with E-state index in [1.165, 1.54) is 0 Å². The number of amides is 1. The Morgan fingerprint density at radius 2 is 1.74 bits per heavy atom. The van der Waals surface area contributed by atoms with E-state index in [4.69, 9.17) is 4.74 Å². The second-order valence-corrected chi connectivity index (χ2v) is 9.46. The Kier molecular flexibility index (Phi) is 8.26. The van der Waals surface area contributed by atoms with Crippen molar-refractivity contribution in [3.8, 4) is 0 Å². The molecule has 2 rings (SSSR count). The Labute approximate surface area is 163 Å². The monoisotopic (exact) mass is 396 g/mol. The molecule has 1 heterocycles. The van der Waals surface area contributed by atoms with Gasteiger partial charge in [0.15, 0.2) is 0 Å². The molecule has 0 radical (unpaired) electrons. The number of nitrogens with one attached hydrogen (secondary N) is 1. The first-order valence-electron chi connectivity index (χ1n) is 9.79.